The first-order valence-electron chi connectivity index (χ1n) is 5.32. The molecule has 0 heterocycles. The summed E-state index contributed by atoms with van der Waals surface area (Å²) < 4.78 is 0. The van der Waals surface area contributed by atoms with Gasteiger partial charge in [0.25, 0.3) is 0 Å². The number of benzene rings is 2. The lowest BCUT2D eigenvalue weighted by atomic mass is 10.0. The van der Waals surface area contributed by atoms with Crippen molar-refractivity contribution in [2.75, 3.05) is 0 Å². The highest BCUT2D eigenvalue weighted by molar-refractivity contribution is 5.71. The van der Waals surface area contributed by atoms with E-state index in [0.717, 1.165) is 23.1 Å². The van der Waals surface area contributed by atoms with E-state index in [4.69, 9.17) is 0 Å². The van der Waals surface area contributed by atoms with Gasteiger partial charge in [-0.3, -0.25) is 0 Å². The second-order valence-corrected chi connectivity index (χ2v) is 3.76. The van der Waals surface area contributed by atoms with Crippen LogP contribution in [-0.2, 0) is 6.42 Å². The molecule has 2 rings (SSSR count). The SMILES string of the molecule is CCc1ccc(O)c(-c2cccc(O)c2)c1. The predicted molar refractivity (Wildman–Crippen MR) is 64.6 cm³/mol. The molecule has 16 heavy (non-hydrogen) atoms. The maximum atomic E-state index is 9.79. The molecule has 0 fully saturated rings. The van der Waals surface area contributed by atoms with E-state index >= 15 is 0 Å². The predicted octanol–water partition coefficient (Wildman–Crippen LogP) is 3.33. The third kappa shape index (κ3) is 2.01. The lowest BCUT2D eigenvalue weighted by Crippen LogP contribution is -1.84. The Morgan fingerprint density at radius 1 is 1.00 bits per heavy atom. The second-order valence-electron chi connectivity index (χ2n) is 3.76. The number of aromatic hydroxyl groups is 2. The van der Waals surface area contributed by atoms with E-state index in [0.29, 0.717) is 0 Å². The van der Waals surface area contributed by atoms with Gasteiger partial charge in [0.1, 0.15) is 11.5 Å². The van der Waals surface area contributed by atoms with E-state index in [-0.39, 0.29) is 11.5 Å². The lowest BCUT2D eigenvalue weighted by molar-refractivity contribution is 0.474. The zero-order valence-corrected chi connectivity index (χ0v) is 9.14. The van der Waals surface area contributed by atoms with Crippen molar-refractivity contribution in [1.29, 1.82) is 0 Å². The fraction of sp³-hybridized carbons (Fsp3) is 0.143. The summed E-state index contributed by atoms with van der Waals surface area (Å²) in [4.78, 5) is 0. The van der Waals surface area contributed by atoms with E-state index in [2.05, 4.69) is 6.92 Å². The van der Waals surface area contributed by atoms with Crippen LogP contribution in [0.25, 0.3) is 11.1 Å². The molecule has 2 nitrogen and oxygen atoms in total. The average molecular weight is 214 g/mol. The van der Waals surface area contributed by atoms with Crippen molar-refractivity contribution in [2.45, 2.75) is 13.3 Å². The monoisotopic (exact) mass is 214 g/mol. The lowest BCUT2D eigenvalue weighted by Gasteiger charge is -2.07. The summed E-state index contributed by atoms with van der Waals surface area (Å²) in [5, 5.41) is 19.2. The Hall–Kier alpha value is -1.96. The van der Waals surface area contributed by atoms with Crippen molar-refractivity contribution in [3.05, 3.63) is 48.0 Å². The van der Waals surface area contributed by atoms with Crippen molar-refractivity contribution in [3.8, 4) is 22.6 Å². The number of phenols is 2. The minimum absolute atomic E-state index is 0.207. The number of aryl methyl sites for hydroxylation is 1. The molecule has 2 heteroatoms. The molecule has 2 aromatic rings. The summed E-state index contributed by atoms with van der Waals surface area (Å²) in [7, 11) is 0. The molecule has 2 aromatic carbocycles. The topological polar surface area (TPSA) is 40.5 Å². The van der Waals surface area contributed by atoms with Crippen LogP contribution in [0.3, 0.4) is 0 Å². The molecule has 0 aromatic heterocycles. The number of hydrogen-bond donors (Lipinski definition) is 2. The van der Waals surface area contributed by atoms with Gasteiger partial charge in [-0.2, -0.15) is 0 Å². The minimum Gasteiger partial charge on any atom is -0.508 e. The molecular formula is C14H14O2. The molecule has 0 amide bonds. The van der Waals surface area contributed by atoms with Gasteiger partial charge in [-0.15, -0.1) is 0 Å². The highest BCUT2D eigenvalue weighted by atomic mass is 16.3. The van der Waals surface area contributed by atoms with E-state index in [9.17, 15) is 10.2 Å². The Morgan fingerprint density at radius 2 is 1.81 bits per heavy atom. The van der Waals surface area contributed by atoms with Crippen molar-refractivity contribution < 1.29 is 10.2 Å². The standard InChI is InChI=1S/C14H14O2/c1-2-10-6-7-14(16)13(8-10)11-4-3-5-12(15)9-11/h3-9,15-16H,2H2,1H3. The molecule has 0 saturated heterocycles. The first-order valence-corrected chi connectivity index (χ1v) is 5.32. The molecule has 0 saturated carbocycles. The van der Waals surface area contributed by atoms with Gasteiger partial charge in [0.05, 0.1) is 0 Å². The molecule has 0 aliphatic carbocycles. The molecule has 0 aliphatic rings. The Balaban J connectivity index is 2.54. The van der Waals surface area contributed by atoms with Gasteiger partial charge in [0.15, 0.2) is 0 Å². The normalized spacial score (nSPS) is 10.3. The Kier molecular flexibility index (Phi) is 2.82. The van der Waals surface area contributed by atoms with Crippen molar-refractivity contribution in [1.82, 2.24) is 0 Å². The number of rotatable bonds is 2. The van der Waals surface area contributed by atoms with Crippen LogP contribution in [0.15, 0.2) is 42.5 Å². The van der Waals surface area contributed by atoms with Crippen LogP contribution < -0.4 is 0 Å². The van der Waals surface area contributed by atoms with Gasteiger partial charge in [0, 0.05) is 5.56 Å². The van der Waals surface area contributed by atoms with Gasteiger partial charge in [-0.1, -0.05) is 25.1 Å². The van der Waals surface area contributed by atoms with Crippen LogP contribution in [0.5, 0.6) is 11.5 Å². The minimum atomic E-state index is 0.207. The molecular weight excluding hydrogens is 200 g/mol. The van der Waals surface area contributed by atoms with Crippen molar-refractivity contribution in [2.24, 2.45) is 0 Å². The van der Waals surface area contributed by atoms with Gasteiger partial charge in [0.2, 0.25) is 0 Å². The van der Waals surface area contributed by atoms with Gasteiger partial charge < -0.3 is 10.2 Å². The average Bonchev–Trinajstić information content (AvgIpc) is 2.30. The summed E-state index contributed by atoms with van der Waals surface area (Å²) in [5.41, 5.74) is 2.75. The Labute approximate surface area is 94.8 Å². The molecule has 82 valence electrons. The van der Waals surface area contributed by atoms with E-state index in [1.54, 1.807) is 24.3 Å². The molecule has 0 spiro atoms. The van der Waals surface area contributed by atoms with E-state index in [1.807, 2.05) is 18.2 Å². The van der Waals surface area contributed by atoms with Crippen LogP contribution in [0.1, 0.15) is 12.5 Å². The number of hydrogen-bond acceptors (Lipinski definition) is 2. The largest absolute Gasteiger partial charge is 0.508 e. The van der Waals surface area contributed by atoms with Gasteiger partial charge in [-0.05, 0) is 41.8 Å². The molecule has 0 radical (unpaired) electrons. The first kappa shape index (κ1) is 10.6. The summed E-state index contributed by atoms with van der Waals surface area (Å²) in [6, 6.07) is 12.4. The fourth-order valence-corrected chi connectivity index (χ4v) is 1.71. The Morgan fingerprint density at radius 3 is 2.50 bits per heavy atom. The molecule has 0 atom stereocenters. The molecule has 0 aliphatic heterocycles. The fourth-order valence-electron chi connectivity index (χ4n) is 1.71. The second kappa shape index (κ2) is 4.27. The van der Waals surface area contributed by atoms with Gasteiger partial charge >= 0.3 is 0 Å². The maximum absolute atomic E-state index is 9.79. The van der Waals surface area contributed by atoms with Crippen molar-refractivity contribution in [3.63, 3.8) is 0 Å². The molecule has 0 bridgehead atoms. The zero-order chi connectivity index (χ0) is 11.5. The summed E-state index contributed by atoms with van der Waals surface area (Å²) in [6.45, 7) is 2.07. The molecule has 0 unspecified atom stereocenters. The third-order valence-electron chi connectivity index (χ3n) is 2.63. The van der Waals surface area contributed by atoms with E-state index < -0.39 is 0 Å². The molecule has 2 N–H and O–H groups in total. The highest BCUT2D eigenvalue weighted by Gasteiger charge is 2.05. The zero-order valence-electron chi connectivity index (χ0n) is 9.14. The first-order chi connectivity index (χ1) is 7.70. The van der Waals surface area contributed by atoms with Crippen LogP contribution in [0.2, 0.25) is 0 Å². The highest BCUT2D eigenvalue weighted by Crippen LogP contribution is 2.31. The maximum Gasteiger partial charge on any atom is 0.123 e. The summed E-state index contributed by atoms with van der Waals surface area (Å²) in [6.07, 6.45) is 0.923. The van der Waals surface area contributed by atoms with Crippen LogP contribution in [-0.4, -0.2) is 10.2 Å². The Bertz CT molecular complexity index is 504. The quantitative estimate of drug-likeness (QED) is 0.805. The smallest absolute Gasteiger partial charge is 0.123 e. The summed E-state index contributed by atoms with van der Waals surface area (Å²) in [5.74, 6) is 0.446. The van der Waals surface area contributed by atoms with E-state index in [1.165, 1.54) is 0 Å². The summed E-state index contributed by atoms with van der Waals surface area (Å²) >= 11 is 0. The third-order valence-corrected chi connectivity index (χ3v) is 2.63. The van der Waals surface area contributed by atoms with Gasteiger partial charge in [-0.25, -0.2) is 0 Å². The van der Waals surface area contributed by atoms with Crippen molar-refractivity contribution >= 4 is 0 Å². The number of phenolic OH excluding ortho intramolecular Hbond substituents is 2. The van der Waals surface area contributed by atoms with Crippen LogP contribution in [0.4, 0.5) is 0 Å². The van der Waals surface area contributed by atoms with Crippen LogP contribution in [0, 0.1) is 0 Å². The van der Waals surface area contributed by atoms with Crippen LogP contribution >= 0.6 is 0 Å².